The molecule has 5 nitrogen and oxygen atoms in total. The van der Waals surface area contributed by atoms with Gasteiger partial charge >= 0.3 is 5.97 Å². The Kier molecular flexibility index (Phi) is 6.77. The molecular formula is C24H28NO4S2+. The van der Waals surface area contributed by atoms with Crippen LogP contribution in [0.5, 0.6) is 5.75 Å². The van der Waals surface area contributed by atoms with Gasteiger partial charge in [0.1, 0.15) is 18.9 Å². The lowest BCUT2D eigenvalue weighted by Gasteiger charge is -2.44. The van der Waals surface area contributed by atoms with Gasteiger partial charge in [-0.1, -0.05) is 30.3 Å². The lowest BCUT2D eigenvalue weighted by atomic mass is 9.99. The van der Waals surface area contributed by atoms with Crippen LogP contribution in [0.4, 0.5) is 0 Å². The number of carbonyl (C=O) groups is 1. The third-order valence-electron chi connectivity index (χ3n) is 5.97. The number of ether oxygens (including phenoxy) is 2. The van der Waals surface area contributed by atoms with E-state index < -0.39 is 11.6 Å². The molecule has 0 amide bonds. The topological polar surface area (TPSA) is 55.8 Å². The van der Waals surface area contributed by atoms with E-state index in [1.165, 1.54) is 22.7 Å². The number of para-hydroxylation sites is 1. The summed E-state index contributed by atoms with van der Waals surface area (Å²) in [6.07, 6.45) is 2.54. The molecule has 164 valence electrons. The summed E-state index contributed by atoms with van der Waals surface area (Å²) in [6.45, 7) is 2.17. The first-order chi connectivity index (χ1) is 15.0. The van der Waals surface area contributed by atoms with E-state index in [1.54, 1.807) is 12.1 Å². The van der Waals surface area contributed by atoms with Crippen LogP contribution in [0, 0.1) is 0 Å². The van der Waals surface area contributed by atoms with E-state index in [0.29, 0.717) is 20.8 Å². The number of likely N-dealkylation sites (N-methyl/N-ethyl adjacent to an activating group) is 1. The lowest BCUT2D eigenvalue weighted by Crippen LogP contribution is -2.59. The zero-order chi connectivity index (χ0) is 21.7. The molecule has 2 atom stereocenters. The predicted molar refractivity (Wildman–Crippen MR) is 123 cm³/mol. The van der Waals surface area contributed by atoms with Crippen molar-refractivity contribution in [3.05, 3.63) is 75.1 Å². The van der Waals surface area contributed by atoms with Gasteiger partial charge in [-0.25, -0.2) is 4.79 Å². The third-order valence-corrected chi connectivity index (χ3v) is 7.93. The highest BCUT2D eigenvalue weighted by molar-refractivity contribution is 7.12. The molecule has 0 radical (unpaired) electrons. The molecule has 0 bridgehead atoms. The van der Waals surface area contributed by atoms with Crippen LogP contribution in [-0.2, 0) is 15.1 Å². The van der Waals surface area contributed by atoms with Crippen molar-refractivity contribution in [1.82, 2.24) is 0 Å². The molecule has 4 rings (SSSR count). The van der Waals surface area contributed by atoms with Crippen LogP contribution in [0.15, 0.2) is 65.4 Å². The highest BCUT2D eigenvalue weighted by Gasteiger charge is 2.48. The Morgan fingerprint density at radius 1 is 1.06 bits per heavy atom. The molecule has 0 spiro atoms. The standard InChI is InChI=1S/C24H28NO4S2/c1-25(15-16-28-19-9-3-2-4-10-19)14-6-5-13-22(25)29-23(26)24(27,20-11-7-17-30-20)21-12-8-18-31-21/h2-4,7-12,17-18,22,27H,5-6,13-16H2,1H3/q+1. The van der Waals surface area contributed by atoms with Gasteiger partial charge in [0, 0.05) is 6.42 Å². The van der Waals surface area contributed by atoms with Gasteiger partial charge in [0.05, 0.1) is 23.3 Å². The van der Waals surface area contributed by atoms with Gasteiger partial charge in [0.25, 0.3) is 0 Å². The first kappa shape index (κ1) is 22.0. The minimum atomic E-state index is -1.77. The Bertz CT molecular complexity index is 925. The molecule has 3 aromatic rings. The summed E-state index contributed by atoms with van der Waals surface area (Å²) in [5, 5.41) is 15.3. The van der Waals surface area contributed by atoms with E-state index >= 15 is 0 Å². The summed E-state index contributed by atoms with van der Waals surface area (Å²) in [5.74, 6) is 0.238. The number of piperidine rings is 1. The second kappa shape index (κ2) is 9.53. The average Bonchev–Trinajstić information content (AvgIpc) is 3.50. The smallest absolute Gasteiger partial charge is 0.353 e. The zero-order valence-electron chi connectivity index (χ0n) is 17.6. The molecule has 1 saturated heterocycles. The lowest BCUT2D eigenvalue weighted by molar-refractivity contribution is -0.957. The molecule has 1 aromatic carbocycles. The maximum atomic E-state index is 13.4. The quantitative estimate of drug-likeness (QED) is 0.395. The molecule has 1 N–H and O–H groups in total. The van der Waals surface area contributed by atoms with Gasteiger partial charge in [-0.3, -0.25) is 4.48 Å². The second-order valence-electron chi connectivity index (χ2n) is 8.11. The number of thiophene rings is 2. The molecule has 3 heterocycles. The second-order valence-corrected chi connectivity index (χ2v) is 10.0. The minimum Gasteiger partial charge on any atom is -0.488 e. The largest absolute Gasteiger partial charge is 0.488 e. The first-order valence-electron chi connectivity index (χ1n) is 10.6. The third kappa shape index (κ3) is 4.70. The SMILES string of the molecule is C[N+]1(CCOc2ccccc2)CCCCC1OC(=O)C(O)(c1cccs1)c1cccs1. The number of likely N-dealkylation sites (tertiary alicyclic amines) is 1. The van der Waals surface area contributed by atoms with Crippen molar-refractivity contribution >= 4 is 28.6 Å². The Morgan fingerprint density at radius 3 is 2.35 bits per heavy atom. The average molecular weight is 459 g/mol. The van der Waals surface area contributed by atoms with Crippen molar-refractivity contribution in [3.8, 4) is 5.75 Å². The summed E-state index contributed by atoms with van der Waals surface area (Å²) in [4.78, 5) is 14.6. The normalized spacial score (nSPS) is 21.5. The Morgan fingerprint density at radius 2 is 1.74 bits per heavy atom. The molecule has 31 heavy (non-hydrogen) atoms. The molecule has 0 saturated carbocycles. The van der Waals surface area contributed by atoms with Crippen molar-refractivity contribution in [1.29, 1.82) is 0 Å². The van der Waals surface area contributed by atoms with Crippen LogP contribution in [0.1, 0.15) is 29.0 Å². The fraction of sp³-hybridized carbons (Fsp3) is 0.375. The van der Waals surface area contributed by atoms with Gasteiger partial charge in [-0.05, 0) is 47.9 Å². The summed E-state index contributed by atoms with van der Waals surface area (Å²) < 4.78 is 12.6. The Balaban J connectivity index is 1.49. The van der Waals surface area contributed by atoms with Crippen molar-refractivity contribution in [2.75, 3.05) is 26.7 Å². The molecule has 1 aliphatic heterocycles. The van der Waals surface area contributed by atoms with Crippen LogP contribution in [0.25, 0.3) is 0 Å². The maximum Gasteiger partial charge on any atom is 0.353 e. The predicted octanol–water partition coefficient (Wildman–Crippen LogP) is 4.62. The van der Waals surface area contributed by atoms with Gasteiger partial charge in [0.15, 0.2) is 0 Å². The Labute approximate surface area is 191 Å². The number of carbonyl (C=O) groups excluding carboxylic acids is 1. The number of rotatable bonds is 8. The van der Waals surface area contributed by atoms with E-state index in [9.17, 15) is 9.90 Å². The van der Waals surface area contributed by atoms with Crippen LogP contribution in [-0.4, -0.2) is 48.5 Å². The molecule has 1 aliphatic rings. The molecule has 1 fully saturated rings. The number of benzene rings is 1. The summed E-state index contributed by atoms with van der Waals surface area (Å²) in [5.41, 5.74) is -1.77. The summed E-state index contributed by atoms with van der Waals surface area (Å²) >= 11 is 2.72. The molecule has 2 aromatic heterocycles. The molecular weight excluding hydrogens is 430 g/mol. The molecule has 2 unspecified atom stereocenters. The number of quaternary nitrogens is 1. The summed E-state index contributed by atoms with van der Waals surface area (Å²) in [6, 6.07) is 17.0. The van der Waals surface area contributed by atoms with Crippen molar-refractivity contribution in [3.63, 3.8) is 0 Å². The highest BCUT2D eigenvalue weighted by atomic mass is 32.1. The molecule has 7 heteroatoms. The monoisotopic (exact) mass is 458 g/mol. The summed E-state index contributed by atoms with van der Waals surface area (Å²) in [7, 11) is 2.11. The maximum absolute atomic E-state index is 13.4. The van der Waals surface area contributed by atoms with E-state index in [2.05, 4.69) is 7.05 Å². The zero-order valence-corrected chi connectivity index (χ0v) is 19.2. The number of aliphatic hydroxyl groups is 1. The Hall–Kier alpha value is -2.19. The van der Waals surface area contributed by atoms with Gasteiger partial charge in [-0.15, -0.1) is 22.7 Å². The molecule has 0 aliphatic carbocycles. The van der Waals surface area contributed by atoms with E-state index in [0.717, 1.165) is 38.1 Å². The van der Waals surface area contributed by atoms with E-state index in [4.69, 9.17) is 9.47 Å². The van der Waals surface area contributed by atoms with Crippen molar-refractivity contribution in [2.24, 2.45) is 0 Å². The van der Waals surface area contributed by atoms with Crippen LogP contribution >= 0.6 is 22.7 Å². The number of esters is 1. The number of hydrogen-bond donors (Lipinski definition) is 1. The van der Waals surface area contributed by atoms with Crippen molar-refractivity contribution < 1.29 is 23.9 Å². The highest BCUT2D eigenvalue weighted by Crippen LogP contribution is 2.38. The van der Waals surface area contributed by atoms with Gasteiger partial charge < -0.3 is 14.6 Å². The fourth-order valence-electron chi connectivity index (χ4n) is 4.08. The minimum absolute atomic E-state index is 0.313. The van der Waals surface area contributed by atoms with Gasteiger partial charge in [0.2, 0.25) is 11.8 Å². The van der Waals surface area contributed by atoms with Crippen LogP contribution in [0.3, 0.4) is 0 Å². The fourth-order valence-corrected chi connectivity index (χ4v) is 5.79. The number of hydrogen-bond acceptors (Lipinski definition) is 6. The van der Waals surface area contributed by atoms with Crippen LogP contribution < -0.4 is 4.74 Å². The van der Waals surface area contributed by atoms with Gasteiger partial charge in [-0.2, -0.15) is 0 Å². The number of nitrogens with zero attached hydrogens (tertiary/aromatic N) is 1. The first-order valence-corrected chi connectivity index (χ1v) is 12.3. The van der Waals surface area contributed by atoms with E-state index in [-0.39, 0.29) is 6.23 Å². The van der Waals surface area contributed by atoms with Crippen molar-refractivity contribution in [2.45, 2.75) is 31.1 Å². The van der Waals surface area contributed by atoms with E-state index in [1.807, 2.05) is 53.2 Å². The van der Waals surface area contributed by atoms with Crippen LogP contribution in [0.2, 0.25) is 0 Å².